The number of hydrogen-bond donors (Lipinski definition) is 1. The summed E-state index contributed by atoms with van der Waals surface area (Å²) in [5.41, 5.74) is 12.7. The number of amides is 1. The molecule has 0 radical (unpaired) electrons. The van der Waals surface area contributed by atoms with E-state index >= 15 is 0 Å². The van der Waals surface area contributed by atoms with Gasteiger partial charge < -0.3 is 5.73 Å². The summed E-state index contributed by atoms with van der Waals surface area (Å²) in [4.78, 5) is 32.5. The molecule has 6 rings (SSSR count). The molecule has 1 amide bonds. The van der Waals surface area contributed by atoms with Crippen molar-refractivity contribution < 1.29 is 4.79 Å². The molecule has 2 N–H and O–H groups in total. The van der Waals surface area contributed by atoms with Crippen LogP contribution in [0.3, 0.4) is 0 Å². The lowest BCUT2D eigenvalue weighted by Gasteiger charge is -2.14. The van der Waals surface area contributed by atoms with Crippen molar-refractivity contribution in [3.8, 4) is 16.8 Å². The zero-order chi connectivity index (χ0) is 25.0. The Hall–Kier alpha value is -4.49. The molecular formula is C29H25N5O2. The first-order chi connectivity index (χ1) is 17.4. The van der Waals surface area contributed by atoms with Crippen molar-refractivity contribution in [3.05, 3.63) is 101 Å². The Morgan fingerprint density at radius 1 is 0.972 bits per heavy atom. The van der Waals surface area contributed by atoms with E-state index in [0.717, 1.165) is 57.6 Å². The third-order valence-electron chi connectivity index (χ3n) is 7.01. The van der Waals surface area contributed by atoms with Crippen LogP contribution in [0, 0.1) is 6.92 Å². The number of primary amides is 1. The molecule has 1 aliphatic heterocycles. The second kappa shape index (κ2) is 8.32. The molecule has 0 saturated heterocycles. The van der Waals surface area contributed by atoms with Gasteiger partial charge in [0.15, 0.2) is 0 Å². The minimum absolute atomic E-state index is 0.112. The maximum Gasteiger partial charge on any atom is 0.323 e. The van der Waals surface area contributed by atoms with Crippen LogP contribution in [0.25, 0.3) is 44.2 Å². The Morgan fingerprint density at radius 3 is 2.53 bits per heavy atom. The van der Waals surface area contributed by atoms with Crippen LogP contribution in [0.5, 0.6) is 0 Å². The Balaban J connectivity index is 1.56. The highest BCUT2D eigenvalue weighted by atomic mass is 16.2. The lowest BCUT2D eigenvalue weighted by molar-refractivity contribution is 0.251. The molecule has 2 aromatic heterocycles. The second-order valence-corrected chi connectivity index (χ2v) is 9.25. The third-order valence-corrected chi connectivity index (χ3v) is 7.01. The van der Waals surface area contributed by atoms with E-state index in [1.165, 1.54) is 0 Å². The fraction of sp³-hybridized carbons (Fsp3) is 0.138. The third kappa shape index (κ3) is 3.36. The van der Waals surface area contributed by atoms with Gasteiger partial charge in [0.2, 0.25) is 0 Å². The van der Waals surface area contributed by atoms with Gasteiger partial charge in [-0.2, -0.15) is 0 Å². The number of carbonyl (C=O) groups is 1. The molecule has 7 nitrogen and oxygen atoms in total. The highest BCUT2D eigenvalue weighted by Crippen LogP contribution is 2.36. The molecule has 0 saturated carbocycles. The zero-order valence-corrected chi connectivity index (χ0v) is 20.1. The summed E-state index contributed by atoms with van der Waals surface area (Å²) in [5.74, 6) is 0. The summed E-state index contributed by atoms with van der Waals surface area (Å²) in [6, 6.07) is 20.7. The van der Waals surface area contributed by atoms with Crippen LogP contribution < -0.4 is 11.3 Å². The van der Waals surface area contributed by atoms with Gasteiger partial charge >= 0.3 is 6.03 Å². The van der Waals surface area contributed by atoms with Crippen LogP contribution in [-0.4, -0.2) is 45.2 Å². The number of rotatable bonds is 3. The van der Waals surface area contributed by atoms with Crippen LogP contribution in [0.15, 0.2) is 83.9 Å². The Morgan fingerprint density at radius 2 is 1.75 bits per heavy atom. The van der Waals surface area contributed by atoms with Crippen LogP contribution in [0.4, 0.5) is 4.79 Å². The fourth-order valence-electron chi connectivity index (χ4n) is 5.23. The summed E-state index contributed by atoms with van der Waals surface area (Å²) in [5, 5.41) is 1.51. The van der Waals surface area contributed by atoms with Gasteiger partial charge in [0.1, 0.15) is 6.33 Å². The monoisotopic (exact) mass is 475 g/mol. The van der Waals surface area contributed by atoms with Crippen molar-refractivity contribution >= 4 is 33.4 Å². The van der Waals surface area contributed by atoms with E-state index in [-0.39, 0.29) is 5.56 Å². The van der Waals surface area contributed by atoms with Crippen molar-refractivity contribution in [2.45, 2.75) is 6.92 Å². The minimum Gasteiger partial charge on any atom is -0.351 e. The quantitative estimate of drug-likeness (QED) is 0.414. The summed E-state index contributed by atoms with van der Waals surface area (Å²) in [6.07, 6.45) is 3.72. The van der Waals surface area contributed by atoms with Crippen LogP contribution >= 0.6 is 0 Å². The number of fused-ring (bicyclic) bond motifs is 2. The minimum atomic E-state index is -0.508. The van der Waals surface area contributed by atoms with Gasteiger partial charge in [-0.15, -0.1) is 0 Å². The number of nitrogens with two attached hydrogens (primary N) is 1. The summed E-state index contributed by atoms with van der Waals surface area (Å²) in [7, 11) is 2.05. The average Bonchev–Trinajstić information content (AvgIpc) is 3.48. The normalized spacial score (nSPS) is 14.0. The van der Waals surface area contributed by atoms with Gasteiger partial charge in [-0.25, -0.2) is 9.78 Å². The smallest absolute Gasteiger partial charge is 0.323 e. The molecule has 1 aliphatic rings. The number of aromatic nitrogens is 3. The van der Waals surface area contributed by atoms with Gasteiger partial charge in [0, 0.05) is 18.5 Å². The summed E-state index contributed by atoms with van der Waals surface area (Å²) >= 11 is 0. The molecule has 36 heavy (non-hydrogen) atoms. The number of para-hydroxylation sites is 1. The first-order valence-electron chi connectivity index (χ1n) is 11.8. The molecule has 0 bridgehead atoms. The molecule has 0 unspecified atom stereocenters. The molecule has 7 heteroatoms. The largest absolute Gasteiger partial charge is 0.351 e. The molecule has 0 spiro atoms. The summed E-state index contributed by atoms with van der Waals surface area (Å²) < 4.78 is 3.20. The Labute approximate surface area is 207 Å². The Kier molecular flexibility index (Phi) is 5.09. The molecular weight excluding hydrogens is 450 g/mol. The second-order valence-electron chi connectivity index (χ2n) is 9.25. The van der Waals surface area contributed by atoms with E-state index < -0.39 is 6.03 Å². The standard InChI is InChI=1S/C29H25N5O2/c1-18-20(8-5-11-25(18)33-17-31-24-10-4-3-7-22(24)28(33)35)21-9-6-12-26-23(21)15-27(34(26)29(30)36)19-13-14-32(2)16-19/h3-13,15,17H,14,16H2,1-2H3,(H2,30,36). The van der Waals surface area contributed by atoms with Crippen molar-refractivity contribution in [2.24, 2.45) is 5.73 Å². The van der Waals surface area contributed by atoms with Crippen LogP contribution in [0.2, 0.25) is 0 Å². The van der Waals surface area contributed by atoms with Crippen LogP contribution in [-0.2, 0) is 0 Å². The van der Waals surface area contributed by atoms with Crippen molar-refractivity contribution in [2.75, 3.05) is 20.1 Å². The van der Waals surface area contributed by atoms with E-state index in [9.17, 15) is 9.59 Å². The molecule has 0 fully saturated rings. The van der Waals surface area contributed by atoms with E-state index in [2.05, 4.69) is 22.0 Å². The van der Waals surface area contributed by atoms with E-state index in [1.54, 1.807) is 21.5 Å². The van der Waals surface area contributed by atoms with Gasteiger partial charge in [0.25, 0.3) is 5.56 Å². The number of hydrogen-bond acceptors (Lipinski definition) is 4. The molecule has 0 aliphatic carbocycles. The number of benzene rings is 3. The van der Waals surface area contributed by atoms with Crippen molar-refractivity contribution in [1.82, 2.24) is 19.0 Å². The number of carbonyl (C=O) groups excluding carboxylic acids is 1. The fourth-order valence-corrected chi connectivity index (χ4v) is 5.23. The lowest BCUT2D eigenvalue weighted by Crippen LogP contribution is -2.22. The number of likely N-dealkylation sites (N-methyl/N-ethyl adjacent to an activating group) is 1. The highest BCUT2D eigenvalue weighted by Gasteiger charge is 2.22. The average molecular weight is 476 g/mol. The van der Waals surface area contributed by atoms with Crippen LogP contribution in [0.1, 0.15) is 11.3 Å². The van der Waals surface area contributed by atoms with Gasteiger partial charge in [-0.3, -0.25) is 18.8 Å². The molecule has 5 aromatic rings. The first-order valence-corrected chi connectivity index (χ1v) is 11.8. The molecule has 178 valence electrons. The maximum atomic E-state index is 13.3. The van der Waals surface area contributed by atoms with Crippen molar-refractivity contribution in [1.29, 1.82) is 0 Å². The van der Waals surface area contributed by atoms with Gasteiger partial charge in [-0.05, 0) is 66.6 Å². The van der Waals surface area contributed by atoms with E-state index in [0.29, 0.717) is 10.9 Å². The lowest BCUT2D eigenvalue weighted by atomic mass is 9.96. The van der Waals surface area contributed by atoms with E-state index in [4.69, 9.17) is 5.73 Å². The maximum absolute atomic E-state index is 13.3. The molecule has 3 heterocycles. The van der Waals surface area contributed by atoms with Crippen molar-refractivity contribution in [3.63, 3.8) is 0 Å². The zero-order valence-electron chi connectivity index (χ0n) is 20.1. The molecule has 0 atom stereocenters. The van der Waals surface area contributed by atoms with E-state index in [1.807, 2.05) is 68.6 Å². The topological polar surface area (TPSA) is 86.2 Å². The van der Waals surface area contributed by atoms with Gasteiger partial charge in [-0.1, -0.05) is 42.5 Å². The number of nitrogens with zero attached hydrogens (tertiary/aromatic N) is 4. The summed E-state index contributed by atoms with van der Waals surface area (Å²) in [6.45, 7) is 3.59. The Bertz CT molecular complexity index is 1780. The van der Waals surface area contributed by atoms with Gasteiger partial charge in [0.05, 0.1) is 27.8 Å². The first kappa shape index (κ1) is 22.0. The molecule has 3 aromatic carbocycles. The highest BCUT2D eigenvalue weighted by molar-refractivity contribution is 6.03. The SMILES string of the molecule is Cc1c(-c2cccc3c2cc(C2=CCN(C)C2)n3C(N)=O)cccc1-n1cnc2ccccc2c1=O. The predicted molar refractivity (Wildman–Crippen MR) is 143 cm³/mol. The predicted octanol–water partition coefficient (Wildman–Crippen LogP) is 4.57.